The Balaban J connectivity index is 1.26. The van der Waals surface area contributed by atoms with Gasteiger partial charge in [0.2, 0.25) is 0 Å². The van der Waals surface area contributed by atoms with E-state index in [-0.39, 0.29) is 10.0 Å². The van der Waals surface area contributed by atoms with Crippen molar-refractivity contribution in [2.45, 2.75) is 0 Å². The molecule has 7 rings (SSSR count). The van der Waals surface area contributed by atoms with Gasteiger partial charge < -0.3 is 18.9 Å². The molecule has 38 heavy (non-hydrogen) atoms. The molecule has 5 aromatic carbocycles. The third kappa shape index (κ3) is 4.00. The monoisotopic (exact) mass is 538 g/mol. The number of ether oxygens (including phenoxy) is 4. The van der Waals surface area contributed by atoms with Crippen molar-refractivity contribution in [2.75, 3.05) is 0 Å². The zero-order chi connectivity index (χ0) is 25.6. The van der Waals surface area contributed by atoms with Gasteiger partial charge in [-0.15, -0.1) is 0 Å². The smallest absolute Gasteiger partial charge is 0.175 e. The molecule has 0 saturated carbocycles. The van der Waals surface area contributed by atoms with Crippen LogP contribution in [0, 0.1) is 0 Å². The Kier molecular flexibility index (Phi) is 5.43. The molecule has 6 nitrogen and oxygen atoms in total. The molecule has 5 aromatic rings. The number of nitrogens with zero attached hydrogens (tertiary/aromatic N) is 2. The van der Waals surface area contributed by atoms with E-state index in [0.29, 0.717) is 68.1 Å². The molecule has 2 aliphatic heterocycles. The first-order valence-electron chi connectivity index (χ1n) is 11.7. The predicted octanol–water partition coefficient (Wildman–Crippen LogP) is 8.69. The number of benzene rings is 5. The molecule has 0 saturated heterocycles. The summed E-state index contributed by atoms with van der Waals surface area (Å²) in [4.78, 5) is 9.42. The minimum atomic E-state index is 0.249. The number of para-hydroxylation sites is 2. The Morgan fingerprint density at radius 1 is 0.500 bits per heavy atom. The summed E-state index contributed by atoms with van der Waals surface area (Å²) in [6.07, 6.45) is 0. The summed E-state index contributed by atoms with van der Waals surface area (Å²) in [5.41, 5.74) is 1.17. The highest BCUT2D eigenvalue weighted by atomic mass is 35.5. The van der Waals surface area contributed by atoms with Crippen molar-refractivity contribution in [3.05, 3.63) is 118 Å². The van der Waals surface area contributed by atoms with Crippen molar-refractivity contribution in [3.8, 4) is 46.0 Å². The first-order valence-corrected chi connectivity index (χ1v) is 12.5. The lowest BCUT2D eigenvalue weighted by atomic mass is 10.2. The number of halogens is 2. The number of rotatable bonds is 4. The maximum absolute atomic E-state index is 6.78. The second-order valence-corrected chi connectivity index (χ2v) is 9.26. The zero-order valence-corrected chi connectivity index (χ0v) is 21.0. The lowest BCUT2D eigenvalue weighted by molar-refractivity contribution is 0.440. The zero-order valence-electron chi connectivity index (χ0n) is 19.5. The molecule has 2 heterocycles. The Morgan fingerprint density at radius 3 is 1.34 bits per heavy atom. The summed E-state index contributed by atoms with van der Waals surface area (Å²) in [7, 11) is 0. The molecule has 0 bridgehead atoms. The highest BCUT2D eigenvalue weighted by Gasteiger charge is 2.27. The molecule has 0 aliphatic carbocycles. The second kappa shape index (κ2) is 9.10. The lowest BCUT2D eigenvalue weighted by Crippen LogP contribution is -2.22. The van der Waals surface area contributed by atoms with E-state index < -0.39 is 0 Å². The molecule has 0 unspecified atom stereocenters. The third-order valence-corrected chi connectivity index (χ3v) is 6.65. The van der Waals surface area contributed by atoms with Gasteiger partial charge in [-0.05, 0) is 48.5 Å². The average molecular weight is 539 g/mol. The van der Waals surface area contributed by atoms with Gasteiger partial charge in [-0.25, -0.2) is 9.98 Å². The van der Waals surface area contributed by atoms with Crippen molar-refractivity contribution in [1.29, 1.82) is 0 Å². The number of hydrogen-bond donors (Lipinski definition) is 0. The van der Waals surface area contributed by atoms with Crippen LogP contribution in [0.5, 0.6) is 46.0 Å². The van der Waals surface area contributed by atoms with E-state index in [4.69, 9.17) is 52.1 Å². The van der Waals surface area contributed by atoms with Crippen molar-refractivity contribution in [1.82, 2.24) is 0 Å². The summed E-state index contributed by atoms with van der Waals surface area (Å²) >= 11 is 13.6. The van der Waals surface area contributed by atoms with E-state index >= 15 is 0 Å². The molecule has 8 heteroatoms. The van der Waals surface area contributed by atoms with Crippen LogP contribution in [0.3, 0.4) is 0 Å². The Hall–Kier alpha value is -4.52. The van der Waals surface area contributed by atoms with Gasteiger partial charge in [-0.1, -0.05) is 59.6 Å². The molecule has 0 amide bonds. The van der Waals surface area contributed by atoms with Gasteiger partial charge in [0.1, 0.15) is 55.1 Å². The van der Waals surface area contributed by atoms with Gasteiger partial charge >= 0.3 is 0 Å². The first-order chi connectivity index (χ1) is 18.6. The fourth-order valence-corrected chi connectivity index (χ4v) is 4.69. The van der Waals surface area contributed by atoms with Crippen LogP contribution in [0.1, 0.15) is 0 Å². The predicted molar refractivity (Wildman–Crippen MR) is 144 cm³/mol. The molecule has 2 aliphatic rings. The molecule has 0 atom stereocenters. The third-order valence-electron chi connectivity index (χ3n) is 5.95. The number of fused-ring (bicyclic) bond motifs is 4. The highest BCUT2D eigenvalue weighted by molar-refractivity contribution is 6.35. The maximum atomic E-state index is 6.78. The summed E-state index contributed by atoms with van der Waals surface area (Å²) < 4.78 is 24.2. The van der Waals surface area contributed by atoms with E-state index in [9.17, 15) is 0 Å². The van der Waals surface area contributed by atoms with Gasteiger partial charge in [-0.2, -0.15) is 0 Å². The van der Waals surface area contributed by atoms with Crippen LogP contribution in [0.25, 0.3) is 0 Å². The quantitative estimate of drug-likeness (QED) is 0.225. The van der Waals surface area contributed by atoms with Crippen molar-refractivity contribution < 1.29 is 18.9 Å². The van der Waals surface area contributed by atoms with Gasteiger partial charge in [0.25, 0.3) is 0 Å². The molecular weight excluding hydrogens is 523 g/mol. The second-order valence-electron chi connectivity index (χ2n) is 8.50. The van der Waals surface area contributed by atoms with Crippen LogP contribution >= 0.6 is 23.2 Å². The van der Waals surface area contributed by atoms with E-state index in [1.807, 2.05) is 72.8 Å². The molecule has 0 N–H and O–H groups in total. The standard InChI is InChI=1S/C30H16Cl2N2O4/c31-25-28-30(38-24-16-20(12-14-22(24)34-28)36-18-9-5-2-6-10-18)26(32)27-29(25)37-23-15-19(11-13-21(23)33-27)35-17-7-3-1-4-8-17/h1-16H. The number of hydrogen-bond acceptors (Lipinski definition) is 6. The minimum Gasteiger partial charge on any atom is -0.457 e. The molecule has 0 fully saturated rings. The van der Waals surface area contributed by atoms with Gasteiger partial charge in [0.15, 0.2) is 23.0 Å². The fraction of sp³-hybridized carbons (Fsp3) is 0. The first kappa shape index (κ1) is 22.7. The SMILES string of the molecule is Clc1c2c(c(Cl)c3c1=Nc1ccc(Oc4ccccc4)cc1O3)=Nc1ccc(Oc3ccccc3)cc1O2. The van der Waals surface area contributed by atoms with Crippen LogP contribution < -0.4 is 29.7 Å². The van der Waals surface area contributed by atoms with E-state index in [2.05, 4.69) is 0 Å². The summed E-state index contributed by atoms with van der Waals surface area (Å²) in [6.45, 7) is 0. The average Bonchev–Trinajstić information content (AvgIpc) is 2.95. The maximum Gasteiger partial charge on any atom is 0.175 e. The van der Waals surface area contributed by atoms with Gasteiger partial charge in [0, 0.05) is 12.1 Å². The van der Waals surface area contributed by atoms with Gasteiger partial charge in [-0.3, -0.25) is 0 Å². The molecule has 0 spiro atoms. The topological polar surface area (TPSA) is 61.6 Å². The van der Waals surface area contributed by atoms with Crippen molar-refractivity contribution in [3.63, 3.8) is 0 Å². The van der Waals surface area contributed by atoms with Crippen LogP contribution in [0.15, 0.2) is 107 Å². The molecule has 184 valence electrons. The molecule has 0 aromatic heterocycles. The normalized spacial score (nSPS) is 12.3. The van der Waals surface area contributed by atoms with Gasteiger partial charge in [0.05, 0.1) is 0 Å². The molecule has 0 radical (unpaired) electrons. The Labute approximate surface area is 226 Å². The van der Waals surface area contributed by atoms with Crippen LogP contribution in [-0.2, 0) is 0 Å². The van der Waals surface area contributed by atoms with E-state index in [1.165, 1.54) is 0 Å². The van der Waals surface area contributed by atoms with Crippen LogP contribution in [0.4, 0.5) is 11.4 Å². The van der Waals surface area contributed by atoms with Crippen LogP contribution in [0.2, 0.25) is 10.0 Å². The largest absolute Gasteiger partial charge is 0.457 e. The minimum absolute atomic E-state index is 0.249. The summed E-state index contributed by atoms with van der Waals surface area (Å²) in [5, 5.41) is 1.24. The highest BCUT2D eigenvalue weighted by Crippen LogP contribution is 2.44. The summed E-state index contributed by atoms with van der Waals surface area (Å²) in [5.74, 6) is 4.21. The fourth-order valence-electron chi connectivity index (χ4n) is 4.18. The van der Waals surface area contributed by atoms with E-state index in [1.54, 1.807) is 24.3 Å². The molecular formula is C30H16Cl2N2O4. The Bertz CT molecular complexity index is 1710. The lowest BCUT2D eigenvalue weighted by Gasteiger charge is -2.21. The van der Waals surface area contributed by atoms with Crippen molar-refractivity contribution in [2.24, 2.45) is 9.98 Å². The summed E-state index contributed by atoms with van der Waals surface area (Å²) in [6, 6.07) is 29.7. The Morgan fingerprint density at radius 2 is 0.921 bits per heavy atom. The van der Waals surface area contributed by atoms with E-state index in [0.717, 1.165) is 0 Å². The van der Waals surface area contributed by atoms with Crippen molar-refractivity contribution >= 4 is 34.6 Å². The van der Waals surface area contributed by atoms with Crippen LogP contribution in [-0.4, -0.2) is 0 Å².